The van der Waals surface area contributed by atoms with Gasteiger partial charge in [-0.3, -0.25) is 9.98 Å². The smallest absolute Gasteiger partial charge is 0.187 e. The predicted octanol–water partition coefficient (Wildman–Crippen LogP) is -10.0. The van der Waals surface area contributed by atoms with Crippen LogP contribution in [0.25, 0.3) is 10.8 Å². The number of hydrogen-bond donors (Lipinski definition) is 12. The van der Waals surface area contributed by atoms with Gasteiger partial charge >= 0.3 is 0 Å². The van der Waals surface area contributed by atoms with Crippen molar-refractivity contribution in [2.45, 2.75) is 42.2 Å². The molecule has 0 aromatic heterocycles. The summed E-state index contributed by atoms with van der Waals surface area (Å²) in [6, 6.07) is 16.6. The molecule has 0 fully saturated rings. The molecule has 0 atom stereocenters. The number of carbonyl (C=O) groups excluding carboxylic acids is 5. The van der Waals surface area contributed by atoms with E-state index in [-0.39, 0.29) is 50.0 Å². The second-order valence-corrected chi connectivity index (χ2v) is 27.9. The first-order valence-corrected chi connectivity index (χ1v) is 33.9. The molecule has 21 N–H and O–H groups in total. The summed E-state index contributed by atoms with van der Waals surface area (Å²) in [7, 11) is -19.5. The Balaban J connectivity index is 0. The molecule has 0 amide bonds. The van der Waals surface area contributed by atoms with E-state index in [1.165, 1.54) is 55.6 Å². The van der Waals surface area contributed by atoms with E-state index in [4.69, 9.17) is 51.6 Å². The van der Waals surface area contributed by atoms with E-state index in [0.717, 1.165) is 68.3 Å². The molecule has 0 saturated heterocycles. The lowest BCUT2D eigenvalue weighted by Gasteiger charge is -2.12. The Morgan fingerprint density at radius 1 is 0.446 bits per heavy atom. The van der Waals surface area contributed by atoms with Gasteiger partial charge in [0.1, 0.15) is 6.67 Å². The Labute approximate surface area is 533 Å². The molecular formula is C49H68N15O22S6-5. The lowest BCUT2D eigenvalue weighted by molar-refractivity contribution is -0.302. The number of carboxylic acids is 5. The normalized spacial score (nSPS) is 10.8. The molecule has 0 aliphatic heterocycles. The second-order valence-electron chi connectivity index (χ2n) is 17.2. The summed E-state index contributed by atoms with van der Waals surface area (Å²) in [4.78, 5) is 66.3. The summed E-state index contributed by atoms with van der Waals surface area (Å²) in [5.41, 5.74) is 46.0. The van der Waals surface area contributed by atoms with Crippen molar-refractivity contribution in [3.05, 3.63) is 122 Å². The second kappa shape index (κ2) is 41.6. The first-order chi connectivity index (χ1) is 42.4. The van der Waals surface area contributed by atoms with E-state index >= 15 is 0 Å². The van der Waals surface area contributed by atoms with Crippen LogP contribution >= 0.6 is 12.0 Å². The number of hydrogen-bond acceptors (Lipinski definition) is 32. The van der Waals surface area contributed by atoms with Crippen molar-refractivity contribution in [2.75, 3.05) is 68.7 Å². The van der Waals surface area contributed by atoms with Gasteiger partial charge in [0.05, 0.1) is 120 Å². The molecular weight excluding hydrogens is 1340 g/mol. The van der Waals surface area contributed by atoms with Crippen molar-refractivity contribution in [2.24, 2.45) is 66.6 Å². The fourth-order valence-corrected chi connectivity index (χ4v) is 12.1. The van der Waals surface area contributed by atoms with Gasteiger partial charge in [0.2, 0.25) is 0 Å². The molecule has 512 valence electrons. The van der Waals surface area contributed by atoms with Gasteiger partial charge in [-0.1, -0.05) is 50.1 Å². The Bertz CT molecular complexity index is 3680. The number of aliphatic carboxylic acids is 5. The van der Waals surface area contributed by atoms with E-state index in [1.807, 2.05) is 0 Å². The lowest BCUT2D eigenvalue weighted by Crippen LogP contribution is -2.31. The Kier molecular flexibility index (Phi) is 38.2. The molecule has 43 heteroatoms. The summed E-state index contributed by atoms with van der Waals surface area (Å²) in [5, 5.41) is 60.4. The molecule has 0 unspecified atom stereocenters. The molecule has 0 heterocycles. The standard InChI is InChI=1S/C14H12O8S2.C10H10O8S2.C9H10O6S2.2C6H15N5.C4H11N5/c15-13(16)7-23(19,20)11-5-1-3-9-10(11)4-2-6-12(9)24(21,22)8-14(17)18;11-9(12)5-19(15,16)7-2-1-3-8(4-7)20(17,18)6-10(13)14;1-14-15-16-7-2-4-8(5-3-7)17(12,13)6-9(10)11;2*1-5(7)10-3-2-4-11-6(8)9;1-3(5)8-2-9-4(6)7/h1-6H,7-8H2,(H,15,16)(H,17,18);1-4H,5-6H2,(H,11,12)(H,13,14);2-5H,6H2,1H3,(H,10,11);2*10H,1-4,7H2,(H4,8,9,11);8H,1-2,5H2,(H4,6,7,9)/p-5. The lowest BCUT2D eigenvalue weighted by atomic mass is 10.1. The highest BCUT2D eigenvalue weighted by Crippen LogP contribution is 2.30. The van der Waals surface area contributed by atoms with Crippen molar-refractivity contribution in [1.29, 1.82) is 0 Å². The zero-order chi connectivity index (χ0) is 71.2. The molecule has 0 saturated carbocycles. The Morgan fingerprint density at radius 2 is 0.761 bits per heavy atom. The third-order valence-corrected chi connectivity index (χ3v) is 18.2. The van der Waals surface area contributed by atoms with Crippen LogP contribution in [-0.4, -0.2) is 159 Å². The van der Waals surface area contributed by atoms with Crippen LogP contribution in [-0.2, 0) is 82.4 Å². The zero-order valence-electron chi connectivity index (χ0n) is 48.7. The molecule has 4 aromatic carbocycles. The highest BCUT2D eigenvalue weighted by molar-refractivity contribution is 7.95. The molecule has 92 heavy (non-hydrogen) atoms. The molecule has 0 radical (unpaired) electrons. The summed E-state index contributed by atoms with van der Waals surface area (Å²) >= 11 is 0.908. The van der Waals surface area contributed by atoms with Crippen molar-refractivity contribution in [1.82, 2.24) is 16.0 Å². The molecule has 0 aliphatic rings. The number of guanidine groups is 3. The molecule has 4 aromatic rings. The minimum atomic E-state index is -4.26. The third-order valence-electron chi connectivity index (χ3n) is 9.49. The molecule has 37 nitrogen and oxygen atoms in total. The van der Waals surface area contributed by atoms with E-state index in [0.29, 0.717) is 41.5 Å². The average Bonchev–Trinajstić information content (AvgIpc) is 0.771. The number of nitrogens with zero attached hydrogens (tertiary/aromatic N) is 3. The minimum absolute atomic E-state index is 0.0295. The Hall–Kier alpha value is -9.66. The highest BCUT2D eigenvalue weighted by atomic mass is 32.2. The number of benzene rings is 4. The van der Waals surface area contributed by atoms with Crippen LogP contribution in [0.3, 0.4) is 0 Å². The molecule has 4 rings (SSSR count). The summed E-state index contributed by atoms with van der Waals surface area (Å²) < 4.78 is 122. The van der Waals surface area contributed by atoms with Gasteiger partial charge in [-0.15, -0.1) is 0 Å². The quantitative estimate of drug-likeness (QED) is 0.00556. The number of carboxylic acid groups (broad SMARTS) is 5. The minimum Gasteiger partial charge on any atom is -0.549 e. The first-order valence-electron chi connectivity index (χ1n) is 24.9. The summed E-state index contributed by atoms with van der Waals surface area (Å²) in [5.74, 6) is -13.5. The van der Waals surface area contributed by atoms with E-state index in [2.05, 4.69) is 59.9 Å². The number of fused-ring (bicyclic) bond motifs is 1. The van der Waals surface area contributed by atoms with Crippen LogP contribution in [0, 0.1) is 0 Å². The van der Waals surface area contributed by atoms with Crippen molar-refractivity contribution in [3.63, 3.8) is 0 Å². The van der Waals surface area contributed by atoms with E-state index < -0.39 is 118 Å². The van der Waals surface area contributed by atoms with Crippen LogP contribution in [0.4, 0.5) is 0 Å². The maximum absolute atomic E-state index is 12.1. The SMILES string of the molecule is C=C(N)NCCCN=C(N)N.C=C(N)NCCCN=C(N)N.C=C(N)NCN=C(N)N.COOSc1ccc(S(=O)(=O)CC(=O)[O-])cc1.O=C([O-])CS(=O)(=O)c1cccc(S(=O)(=O)CC(=O)[O-])c1.O=C([O-])CS(=O)(=O)c1cccc2c(S(=O)(=O)CC(=O)[O-])cccc12. The number of sulfone groups is 5. The van der Waals surface area contributed by atoms with E-state index in [1.54, 1.807) is 0 Å². The van der Waals surface area contributed by atoms with Crippen molar-refractivity contribution < 1.29 is 101 Å². The van der Waals surface area contributed by atoms with Crippen LogP contribution < -0.4 is 93.1 Å². The monoisotopic (exact) mass is 1410 g/mol. The predicted molar refractivity (Wildman–Crippen MR) is 326 cm³/mol. The van der Waals surface area contributed by atoms with Crippen molar-refractivity contribution >= 4 is 120 Å². The number of nitrogens with two attached hydrogens (primary N) is 9. The van der Waals surface area contributed by atoms with Crippen LogP contribution in [0.1, 0.15) is 12.8 Å². The van der Waals surface area contributed by atoms with Gasteiger partial charge in [0.25, 0.3) is 0 Å². The van der Waals surface area contributed by atoms with Gasteiger partial charge in [-0.2, -0.15) is 4.33 Å². The maximum atomic E-state index is 12.1. The van der Waals surface area contributed by atoms with Gasteiger partial charge in [-0.05, 0) is 67.4 Å². The Morgan fingerprint density at radius 3 is 1.07 bits per heavy atom. The summed E-state index contributed by atoms with van der Waals surface area (Å²) in [6.07, 6.45) is 1.68. The largest absolute Gasteiger partial charge is 0.549 e. The zero-order valence-corrected chi connectivity index (χ0v) is 53.6. The third kappa shape index (κ3) is 38.0. The first kappa shape index (κ1) is 84.4. The van der Waals surface area contributed by atoms with Crippen molar-refractivity contribution in [3.8, 4) is 0 Å². The molecule has 0 aliphatic carbocycles. The van der Waals surface area contributed by atoms with Gasteiger partial charge in [-0.25, -0.2) is 52.0 Å². The number of aliphatic imine (C=N–C) groups is 3. The van der Waals surface area contributed by atoms with Gasteiger partial charge in [0, 0.05) is 41.8 Å². The number of carbonyl (C=O) groups is 5. The number of rotatable bonds is 31. The molecule has 0 spiro atoms. The van der Waals surface area contributed by atoms with Crippen LogP contribution in [0.15, 0.2) is 166 Å². The summed E-state index contributed by atoms with van der Waals surface area (Å²) in [6.45, 7) is 13.3. The van der Waals surface area contributed by atoms with Gasteiger partial charge in [0.15, 0.2) is 67.1 Å². The fraction of sp³-hybridized carbons (Fsp3) is 0.265. The molecule has 0 bridgehead atoms. The average molecular weight is 1410 g/mol. The van der Waals surface area contributed by atoms with E-state index in [9.17, 15) is 91.6 Å². The van der Waals surface area contributed by atoms with Gasteiger partial charge < -0.3 is 117 Å². The van der Waals surface area contributed by atoms with Crippen LogP contribution in [0.2, 0.25) is 0 Å². The topological polar surface area (TPSA) is 697 Å². The number of nitrogens with one attached hydrogen (secondary N) is 3. The highest BCUT2D eigenvalue weighted by Gasteiger charge is 2.24. The van der Waals surface area contributed by atoms with Crippen LogP contribution in [0.5, 0.6) is 0 Å². The maximum Gasteiger partial charge on any atom is 0.187 e. The fourth-order valence-electron chi connectivity index (χ4n) is 5.92.